The van der Waals surface area contributed by atoms with E-state index in [9.17, 15) is 4.79 Å². The number of ether oxygens (including phenoxy) is 1. The number of carbonyl (C=O) groups is 1. The highest BCUT2D eigenvalue weighted by Crippen LogP contribution is 2.27. The Labute approximate surface area is 127 Å². The van der Waals surface area contributed by atoms with Gasteiger partial charge in [0, 0.05) is 12.1 Å². The first kappa shape index (κ1) is 15.8. The Morgan fingerprint density at radius 3 is 2.81 bits per heavy atom. The molecule has 1 aromatic carbocycles. The minimum atomic E-state index is 0.0364. The van der Waals surface area contributed by atoms with Gasteiger partial charge in [-0.15, -0.1) is 0 Å². The van der Waals surface area contributed by atoms with Crippen LogP contribution >= 0.6 is 0 Å². The average Bonchev–Trinajstić information content (AvgIpc) is 3.28. The topological polar surface area (TPSA) is 50.4 Å². The van der Waals surface area contributed by atoms with Gasteiger partial charge in [0.1, 0.15) is 5.75 Å². The van der Waals surface area contributed by atoms with Crippen molar-refractivity contribution < 1.29 is 9.53 Å². The number of amides is 1. The molecule has 1 aliphatic carbocycles. The minimum Gasteiger partial charge on any atom is -0.493 e. The van der Waals surface area contributed by atoms with Crippen LogP contribution in [0, 0.1) is 11.8 Å². The van der Waals surface area contributed by atoms with Crippen LogP contribution in [-0.2, 0) is 11.3 Å². The normalized spacial score (nSPS) is 14.2. The molecular formula is C17H26N2O2. The third kappa shape index (κ3) is 6.17. The van der Waals surface area contributed by atoms with Gasteiger partial charge in [-0.05, 0) is 37.3 Å². The summed E-state index contributed by atoms with van der Waals surface area (Å²) in [5.74, 6) is 2.17. The fourth-order valence-corrected chi connectivity index (χ4v) is 2.02. The lowest BCUT2D eigenvalue weighted by Crippen LogP contribution is -2.34. The Bertz CT molecular complexity index is 456. The molecule has 0 saturated heterocycles. The van der Waals surface area contributed by atoms with E-state index in [1.165, 1.54) is 12.8 Å². The Hall–Kier alpha value is -1.55. The zero-order valence-corrected chi connectivity index (χ0v) is 13.0. The summed E-state index contributed by atoms with van der Waals surface area (Å²) in [6, 6.07) is 7.87. The van der Waals surface area contributed by atoms with Crippen molar-refractivity contribution in [3.63, 3.8) is 0 Å². The minimum absolute atomic E-state index is 0.0364. The molecule has 21 heavy (non-hydrogen) atoms. The maximum Gasteiger partial charge on any atom is 0.234 e. The first-order valence-corrected chi connectivity index (χ1v) is 7.83. The molecule has 1 fully saturated rings. The molecular weight excluding hydrogens is 264 g/mol. The van der Waals surface area contributed by atoms with Gasteiger partial charge in [-0.25, -0.2) is 0 Å². The molecule has 0 aliphatic heterocycles. The summed E-state index contributed by atoms with van der Waals surface area (Å²) in [6.45, 7) is 6.80. The molecule has 4 nitrogen and oxygen atoms in total. The SMILES string of the molecule is CC(C)COc1ccccc1CNC(=O)CNCC1CC1. The quantitative estimate of drug-likeness (QED) is 0.734. The molecule has 0 spiro atoms. The van der Waals surface area contributed by atoms with Crippen molar-refractivity contribution in [1.29, 1.82) is 0 Å². The van der Waals surface area contributed by atoms with Crippen molar-refractivity contribution in [3.05, 3.63) is 29.8 Å². The molecule has 1 amide bonds. The molecule has 1 saturated carbocycles. The van der Waals surface area contributed by atoms with Crippen LogP contribution < -0.4 is 15.4 Å². The van der Waals surface area contributed by atoms with Crippen LogP contribution in [0.1, 0.15) is 32.3 Å². The molecule has 2 N–H and O–H groups in total. The van der Waals surface area contributed by atoms with Crippen molar-refractivity contribution in [3.8, 4) is 5.75 Å². The smallest absolute Gasteiger partial charge is 0.234 e. The van der Waals surface area contributed by atoms with E-state index < -0.39 is 0 Å². The van der Waals surface area contributed by atoms with Crippen molar-refractivity contribution >= 4 is 5.91 Å². The Morgan fingerprint density at radius 1 is 1.33 bits per heavy atom. The molecule has 4 heteroatoms. The molecule has 1 aromatic rings. The molecule has 0 atom stereocenters. The molecule has 0 unspecified atom stereocenters. The van der Waals surface area contributed by atoms with Gasteiger partial charge in [-0.1, -0.05) is 32.0 Å². The van der Waals surface area contributed by atoms with E-state index in [0.717, 1.165) is 23.8 Å². The lowest BCUT2D eigenvalue weighted by molar-refractivity contribution is -0.120. The summed E-state index contributed by atoms with van der Waals surface area (Å²) in [5, 5.41) is 6.13. The van der Waals surface area contributed by atoms with E-state index >= 15 is 0 Å². The summed E-state index contributed by atoms with van der Waals surface area (Å²) in [6.07, 6.45) is 2.60. The zero-order chi connectivity index (χ0) is 15.1. The van der Waals surface area contributed by atoms with E-state index in [1.807, 2.05) is 24.3 Å². The zero-order valence-electron chi connectivity index (χ0n) is 13.0. The summed E-state index contributed by atoms with van der Waals surface area (Å²) in [4.78, 5) is 11.8. The maximum atomic E-state index is 11.8. The number of para-hydroxylation sites is 1. The summed E-state index contributed by atoms with van der Waals surface area (Å²) < 4.78 is 5.78. The van der Waals surface area contributed by atoms with E-state index in [4.69, 9.17) is 4.74 Å². The third-order valence-corrected chi connectivity index (χ3v) is 3.44. The molecule has 1 aliphatic rings. The second-order valence-corrected chi connectivity index (χ2v) is 6.16. The Morgan fingerprint density at radius 2 is 2.10 bits per heavy atom. The second kappa shape index (κ2) is 8.03. The van der Waals surface area contributed by atoms with Crippen LogP contribution in [0.4, 0.5) is 0 Å². The molecule has 2 rings (SSSR count). The van der Waals surface area contributed by atoms with Crippen LogP contribution in [0.15, 0.2) is 24.3 Å². The molecule has 0 radical (unpaired) electrons. The fraction of sp³-hybridized carbons (Fsp3) is 0.588. The van der Waals surface area contributed by atoms with E-state index in [2.05, 4.69) is 24.5 Å². The van der Waals surface area contributed by atoms with Gasteiger partial charge in [0.2, 0.25) is 5.91 Å². The molecule has 0 heterocycles. The number of carbonyl (C=O) groups excluding carboxylic acids is 1. The van der Waals surface area contributed by atoms with E-state index in [-0.39, 0.29) is 5.91 Å². The standard InChI is InChI=1S/C17H26N2O2/c1-13(2)12-21-16-6-4-3-5-15(16)10-19-17(20)11-18-9-14-7-8-14/h3-6,13-14,18H,7-12H2,1-2H3,(H,19,20). The van der Waals surface area contributed by atoms with Gasteiger partial charge in [0.15, 0.2) is 0 Å². The van der Waals surface area contributed by atoms with Crippen molar-refractivity contribution in [2.45, 2.75) is 33.2 Å². The Kier molecular flexibility index (Phi) is 6.05. The average molecular weight is 290 g/mol. The van der Waals surface area contributed by atoms with Crippen LogP contribution in [0.25, 0.3) is 0 Å². The number of rotatable bonds is 9. The predicted molar refractivity (Wildman–Crippen MR) is 84.2 cm³/mol. The first-order chi connectivity index (χ1) is 10.1. The van der Waals surface area contributed by atoms with Crippen LogP contribution in [0.3, 0.4) is 0 Å². The van der Waals surface area contributed by atoms with Crippen molar-refractivity contribution in [1.82, 2.24) is 10.6 Å². The highest BCUT2D eigenvalue weighted by molar-refractivity contribution is 5.78. The number of hydrogen-bond acceptors (Lipinski definition) is 3. The highest BCUT2D eigenvalue weighted by atomic mass is 16.5. The Balaban J connectivity index is 1.74. The first-order valence-electron chi connectivity index (χ1n) is 7.83. The summed E-state index contributed by atoms with van der Waals surface area (Å²) in [7, 11) is 0. The molecule has 0 aromatic heterocycles. The van der Waals surface area contributed by atoms with Gasteiger partial charge >= 0.3 is 0 Å². The third-order valence-electron chi connectivity index (χ3n) is 3.44. The predicted octanol–water partition coefficient (Wildman–Crippen LogP) is 2.34. The fourth-order valence-electron chi connectivity index (χ4n) is 2.02. The van der Waals surface area contributed by atoms with Gasteiger partial charge in [-0.3, -0.25) is 4.79 Å². The van der Waals surface area contributed by atoms with E-state index in [0.29, 0.717) is 25.6 Å². The van der Waals surface area contributed by atoms with Gasteiger partial charge < -0.3 is 15.4 Å². The van der Waals surface area contributed by atoms with E-state index in [1.54, 1.807) is 0 Å². The summed E-state index contributed by atoms with van der Waals surface area (Å²) >= 11 is 0. The van der Waals surface area contributed by atoms with Crippen LogP contribution in [0.2, 0.25) is 0 Å². The van der Waals surface area contributed by atoms with Gasteiger partial charge in [-0.2, -0.15) is 0 Å². The lowest BCUT2D eigenvalue weighted by atomic mass is 10.2. The summed E-state index contributed by atoms with van der Waals surface area (Å²) in [5.41, 5.74) is 1.02. The number of nitrogens with one attached hydrogen (secondary N) is 2. The monoisotopic (exact) mass is 290 g/mol. The van der Waals surface area contributed by atoms with Crippen LogP contribution in [0.5, 0.6) is 5.75 Å². The van der Waals surface area contributed by atoms with Gasteiger partial charge in [0.25, 0.3) is 0 Å². The van der Waals surface area contributed by atoms with Gasteiger partial charge in [0.05, 0.1) is 13.2 Å². The second-order valence-electron chi connectivity index (χ2n) is 6.16. The van der Waals surface area contributed by atoms with Crippen LogP contribution in [-0.4, -0.2) is 25.6 Å². The molecule has 116 valence electrons. The largest absolute Gasteiger partial charge is 0.493 e. The number of benzene rings is 1. The number of hydrogen-bond donors (Lipinski definition) is 2. The van der Waals surface area contributed by atoms with Crippen molar-refractivity contribution in [2.75, 3.05) is 19.7 Å². The maximum absolute atomic E-state index is 11.8. The van der Waals surface area contributed by atoms with Crippen molar-refractivity contribution in [2.24, 2.45) is 11.8 Å². The highest BCUT2D eigenvalue weighted by Gasteiger charge is 2.20. The lowest BCUT2D eigenvalue weighted by Gasteiger charge is -2.13. The molecule has 0 bridgehead atoms.